The minimum Gasteiger partial charge on any atom is -0.494 e. The summed E-state index contributed by atoms with van der Waals surface area (Å²) in [4.78, 5) is 48.1. The number of para-hydroxylation sites is 1. The lowest BCUT2D eigenvalue weighted by atomic mass is 9.70. The number of aliphatic hydroxyl groups excluding tert-OH is 1. The number of anilines is 1. The molecule has 2 aromatic carbocycles. The molecule has 242 valence electrons. The smallest absolute Gasteiger partial charge is 0.250 e. The zero-order valence-corrected chi connectivity index (χ0v) is 26.2. The van der Waals surface area contributed by atoms with Gasteiger partial charge in [-0.25, -0.2) is 4.68 Å². The first-order valence-corrected chi connectivity index (χ1v) is 15.7. The summed E-state index contributed by atoms with van der Waals surface area (Å²) in [7, 11) is 0. The molecule has 3 aliphatic rings. The van der Waals surface area contributed by atoms with Crippen LogP contribution in [0.1, 0.15) is 26.7 Å². The fraction of sp³-hybridized carbons (Fsp3) is 0.441. The van der Waals surface area contributed by atoms with E-state index < -0.39 is 35.6 Å². The molecule has 0 radical (unpaired) electrons. The van der Waals surface area contributed by atoms with Gasteiger partial charge in [-0.2, -0.15) is 0 Å². The van der Waals surface area contributed by atoms with E-state index in [1.54, 1.807) is 57.8 Å². The standard InChI is InChI=1S/C34H40N6O6/c1-5-18-37(21-39-26-11-9-8-10-25(26)35-36-39)33(44)30-34-17-16-27(46-34)28(29(34)32(43)40(30)22(4)20-41)31(42)38(19-6-2)23-12-14-24(15-13-23)45-7-3/h5-6,8-15,22,27-30,41H,1-2,7,16-21H2,3-4H3/t22-,27+,28-,29+,30?,34?/m1/s1. The minimum atomic E-state index is -1.23. The Hall–Kier alpha value is -4.55. The highest BCUT2D eigenvalue weighted by Crippen LogP contribution is 2.59. The molecule has 3 aromatic rings. The predicted octanol–water partition coefficient (Wildman–Crippen LogP) is 2.78. The highest BCUT2D eigenvalue weighted by Gasteiger charge is 2.75. The van der Waals surface area contributed by atoms with Gasteiger partial charge >= 0.3 is 0 Å². The molecule has 6 atom stereocenters. The van der Waals surface area contributed by atoms with Crippen LogP contribution in [0, 0.1) is 11.8 Å². The lowest BCUT2D eigenvalue weighted by molar-refractivity contribution is -0.151. The van der Waals surface area contributed by atoms with Crippen molar-refractivity contribution < 1.29 is 29.0 Å². The van der Waals surface area contributed by atoms with E-state index in [4.69, 9.17) is 9.47 Å². The molecule has 0 saturated carbocycles. The van der Waals surface area contributed by atoms with Crippen molar-refractivity contribution in [2.24, 2.45) is 11.8 Å². The van der Waals surface area contributed by atoms with Crippen LogP contribution in [-0.4, -0.2) is 97.7 Å². The lowest BCUT2D eigenvalue weighted by Crippen LogP contribution is -2.58. The van der Waals surface area contributed by atoms with E-state index in [0.29, 0.717) is 36.4 Å². The first-order chi connectivity index (χ1) is 22.3. The highest BCUT2D eigenvalue weighted by atomic mass is 16.5. The lowest BCUT2D eigenvalue weighted by Gasteiger charge is -2.38. The molecule has 2 bridgehead atoms. The van der Waals surface area contributed by atoms with Gasteiger partial charge in [-0.3, -0.25) is 14.4 Å². The molecule has 3 amide bonds. The second-order valence-corrected chi connectivity index (χ2v) is 12.1. The number of likely N-dealkylation sites (tertiary alicyclic amines) is 1. The Kier molecular flexibility index (Phi) is 8.67. The number of nitrogens with zero attached hydrogens (tertiary/aromatic N) is 6. The average Bonchev–Trinajstić information content (AvgIpc) is 3.82. The van der Waals surface area contributed by atoms with Gasteiger partial charge in [0.05, 0.1) is 42.7 Å². The van der Waals surface area contributed by atoms with E-state index in [-0.39, 0.29) is 44.1 Å². The van der Waals surface area contributed by atoms with E-state index in [2.05, 4.69) is 23.5 Å². The Balaban J connectivity index is 1.35. The molecule has 1 spiro atoms. The predicted molar refractivity (Wildman–Crippen MR) is 171 cm³/mol. The molecule has 12 nitrogen and oxygen atoms in total. The molecule has 1 N–H and O–H groups in total. The van der Waals surface area contributed by atoms with E-state index >= 15 is 0 Å². The monoisotopic (exact) mass is 628 g/mol. The molecule has 1 aromatic heterocycles. The van der Waals surface area contributed by atoms with Crippen LogP contribution in [0.2, 0.25) is 0 Å². The zero-order valence-electron chi connectivity index (χ0n) is 26.2. The van der Waals surface area contributed by atoms with Crippen LogP contribution in [0.25, 0.3) is 11.0 Å². The number of aromatic nitrogens is 3. The second kappa shape index (κ2) is 12.7. The number of amides is 3. The number of carbonyl (C=O) groups is 3. The molecule has 2 unspecified atom stereocenters. The number of rotatable bonds is 13. The van der Waals surface area contributed by atoms with E-state index in [9.17, 15) is 19.5 Å². The van der Waals surface area contributed by atoms with Gasteiger partial charge < -0.3 is 29.3 Å². The minimum absolute atomic E-state index is 0.0643. The van der Waals surface area contributed by atoms with Crippen molar-refractivity contribution in [2.75, 3.05) is 31.2 Å². The van der Waals surface area contributed by atoms with Crippen LogP contribution in [0.5, 0.6) is 5.75 Å². The fourth-order valence-electron chi connectivity index (χ4n) is 7.46. The number of carbonyl (C=O) groups excluding carboxylic acids is 3. The first kappa shape index (κ1) is 31.4. The topological polar surface area (TPSA) is 130 Å². The molecule has 3 aliphatic heterocycles. The van der Waals surface area contributed by atoms with E-state index in [1.165, 1.54) is 4.90 Å². The van der Waals surface area contributed by atoms with E-state index in [0.717, 1.165) is 5.52 Å². The summed E-state index contributed by atoms with van der Waals surface area (Å²) >= 11 is 0. The fourth-order valence-corrected chi connectivity index (χ4v) is 7.46. The summed E-state index contributed by atoms with van der Waals surface area (Å²) in [5.41, 5.74) is 0.852. The molecular weight excluding hydrogens is 588 g/mol. The van der Waals surface area contributed by atoms with E-state index in [1.807, 2.05) is 31.2 Å². The van der Waals surface area contributed by atoms with Gasteiger partial charge in [0.1, 0.15) is 29.6 Å². The van der Waals surface area contributed by atoms with Crippen LogP contribution >= 0.6 is 0 Å². The Morgan fingerprint density at radius 3 is 2.59 bits per heavy atom. The van der Waals surface area contributed by atoms with Crippen molar-refractivity contribution in [3.63, 3.8) is 0 Å². The Bertz CT molecular complexity index is 1640. The first-order valence-electron chi connectivity index (χ1n) is 15.7. The summed E-state index contributed by atoms with van der Waals surface area (Å²) < 4.78 is 13.9. The third-order valence-electron chi connectivity index (χ3n) is 9.42. The van der Waals surface area contributed by atoms with Gasteiger partial charge in [0, 0.05) is 18.8 Å². The maximum Gasteiger partial charge on any atom is 0.250 e. The SMILES string of the molecule is C=CCN(Cn1nnc2ccccc21)C(=O)C1N([C@H](C)CO)C(=O)[C@@H]2[C@H](C(=O)N(CC=C)c3ccc(OCC)cc3)[C@@H]3CCC12O3. The van der Waals surface area contributed by atoms with Crippen molar-refractivity contribution in [2.45, 2.75) is 57.1 Å². The quantitative estimate of drug-likeness (QED) is 0.286. The zero-order chi connectivity index (χ0) is 32.6. The molecule has 12 heteroatoms. The van der Waals surface area contributed by atoms with Crippen molar-refractivity contribution in [3.8, 4) is 5.75 Å². The summed E-state index contributed by atoms with van der Waals surface area (Å²) in [6, 6.07) is 12.9. The van der Waals surface area contributed by atoms with Gasteiger partial charge in [0.15, 0.2) is 0 Å². The van der Waals surface area contributed by atoms with Crippen molar-refractivity contribution in [1.29, 1.82) is 0 Å². The molecule has 46 heavy (non-hydrogen) atoms. The van der Waals surface area contributed by atoms with Crippen molar-refractivity contribution in [1.82, 2.24) is 24.8 Å². The summed E-state index contributed by atoms with van der Waals surface area (Å²) in [6.07, 6.45) is 3.67. The Morgan fingerprint density at radius 1 is 1.15 bits per heavy atom. The maximum absolute atomic E-state index is 14.7. The van der Waals surface area contributed by atoms with Gasteiger partial charge in [-0.1, -0.05) is 29.5 Å². The van der Waals surface area contributed by atoms with Crippen molar-refractivity contribution in [3.05, 3.63) is 73.8 Å². The summed E-state index contributed by atoms with van der Waals surface area (Å²) in [5.74, 6) is -2.02. The number of hydrogen-bond donors (Lipinski definition) is 1. The number of ether oxygens (including phenoxy) is 2. The number of benzene rings is 2. The molecule has 6 rings (SSSR count). The average molecular weight is 629 g/mol. The van der Waals surface area contributed by atoms with Crippen LogP contribution in [-0.2, 0) is 25.8 Å². The van der Waals surface area contributed by atoms with Crippen LogP contribution < -0.4 is 9.64 Å². The van der Waals surface area contributed by atoms with Crippen LogP contribution in [0.15, 0.2) is 73.8 Å². The van der Waals surface area contributed by atoms with Gasteiger partial charge in [0.25, 0.3) is 0 Å². The molecular formula is C34H40N6O6. The molecule has 0 aliphatic carbocycles. The second-order valence-electron chi connectivity index (χ2n) is 12.1. The Morgan fingerprint density at radius 2 is 1.89 bits per heavy atom. The summed E-state index contributed by atoms with van der Waals surface area (Å²) in [6.45, 7) is 11.9. The molecule has 3 fully saturated rings. The number of fused-ring (bicyclic) bond motifs is 2. The highest BCUT2D eigenvalue weighted by molar-refractivity contribution is 6.03. The van der Waals surface area contributed by atoms with Gasteiger partial charge in [-0.05, 0) is 63.1 Å². The maximum atomic E-state index is 14.7. The number of hydrogen-bond acceptors (Lipinski definition) is 8. The third-order valence-corrected chi connectivity index (χ3v) is 9.42. The molecule has 3 saturated heterocycles. The third kappa shape index (κ3) is 5.05. The largest absolute Gasteiger partial charge is 0.494 e. The number of aliphatic hydroxyl groups is 1. The van der Waals surface area contributed by atoms with Crippen molar-refractivity contribution >= 4 is 34.4 Å². The van der Waals surface area contributed by atoms with Crippen LogP contribution in [0.4, 0.5) is 5.69 Å². The van der Waals surface area contributed by atoms with Crippen LogP contribution in [0.3, 0.4) is 0 Å². The summed E-state index contributed by atoms with van der Waals surface area (Å²) in [5, 5.41) is 18.7. The molecule has 4 heterocycles. The normalized spacial score (nSPS) is 25.4. The Labute approximate surface area is 267 Å². The van der Waals surface area contributed by atoms with Gasteiger partial charge in [0.2, 0.25) is 17.7 Å². The van der Waals surface area contributed by atoms with Gasteiger partial charge in [-0.15, -0.1) is 18.3 Å².